The van der Waals surface area contributed by atoms with E-state index in [0.29, 0.717) is 11.1 Å². The molecule has 0 radical (unpaired) electrons. The zero-order chi connectivity index (χ0) is 83.0. The molecule has 0 nitrogen and oxygen atoms in total. The lowest BCUT2D eigenvalue weighted by molar-refractivity contribution is 1.62. The zero-order valence-corrected chi connectivity index (χ0v) is 61.0. The SMILES string of the molecule is [2H]c1c([2H])c([2H])c(-c2c3ccccc3c(-c3ccc(-c4ccc5ccccc5c4)cc3)c3ccccc23)c([2H])c1[2H].[2H]c1c([2H])c([2H])c(-c2c3ccccc3c(-c3ccc(-c4cccc5ccccc45)cc3)c3ccccc23)c([2H])c1[2H].c1ccc2cc(-c3c4ccccc4c(-c4ccc(-c5cccc6ccccc56)cc4)c4ccccc34)ccc2c1. The van der Waals surface area contributed by atoms with Crippen LogP contribution in [0.25, 0.3) is 208 Å². The van der Waals surface area contributed by atoms with Crippen LogP contribution in [0.4, 0.5) is 0 Å². The van der Waals surface area contributed by atoms with Gasteiger partial charge in [0.25, 0.3) is 0 Å². The largest absolute Gasteiger partial charge is 0.0629 e. The van der Waals surface area contributed by atoms with E-state index in [4.69, 9.17) is 13.7 Å². The third-order valence-electron chi connectivity index (χ3n) is 22.1. The fourth-order valence-electron chi connectivity index (χ4n) is 17.0. The van der Waals surface area contributed by atoms with Crippen molar-refractivity contribution in [3.63, 3.8) is 0 Å². The summed E-state index contributed by atoms with van der Waals surface area (Å²) in [5.41, 5.74) is 18.2. The lowest BCUT2D eigenvalue weighted by Crippen LogP contribution is -1.91. The third kappa shape index (κ3) is 12.3. The van der Waals surface area contributed by atoms with E-state index in [-0.39, 0.29) is 71.6 Å². The summed E-state index contributed by atoms with van der Waals surface area (Å²) >= 11 is 0. The van der Waals surface area contributed by atoms with Gasteiger partial charge in [-0.05, 0) is 220 Å². The van der Waals surface area contributed by atoms with Gasteiger partial charge in [-0.25, -0.2) is 0 Å². The molecule has 112 heavy (non-hydrogen) atoms. The first-order valence-corrected chi connectivity index (χ1v) is 38.0. The predicted molar refractivity (Wildman–Crippen MR) is 483 cm³/mol. The first-order chi connectivity index (χ1) is 59.7. The highest BCUT2D eigenvalue weighted by Crippen LogP contribution is 2.49. The maximum atomic E-state index is 8.73. The molecule has 22 aromatic rings. The van der Waals surface area contributed by atoms with Crippen molar-refractivity contribution >= 4 is 108 Å². The van der Waals surface area contributed by atoms with Gasteiger partial charge in [0.05, 0.1) is 13.7 Å². The van der Waals surface area contributed by atoms with E-state index < -0.39 is 0 Å². The van der Waals surface area contributed by atoms with Crippen LogP contribution in [-0.4, -0.2) is 0 Å². The predicted octanol–water partition coefficient (Wildman–Crippen LogP) is 31.6. The Morgan fingerprint density at radius 3 is 0.661 bits per heavy atom. The molecule has 522 valence electrons. The van der Waals surface area contributed by atoms with Crippen LogP contribution in [0.2, 0.25) is 0 Å². The van der Waals surface area contributed by atoms with Crippen molar-refractivity contribution < 1.29 is 13.7 Å². The fourth-order valence-corrected chi connectivity index (χ4v) is 17.0. The molecule has 22 rings (SSSR count). The highest BCUT2D eigenvalue weighted by Gasteiger charge is 2.21. The summed E-state index contributed by atoms with van der Waals surface area (Å²) in [6, 6.07) is 133. The van der Waals surface area contributed by atoms with E-state index in [1.54, 1.807) is 0 Å². The standard InChI is InChI=1S/C40H26.2C36H24/c1-2-12-31-26-32(25-20-27(31)10-1)40-37-17-7-5-15-35(37)39(36-16-6-8-18-38(36)40)30-23-21-29(22-24-30)34-19-9-13-28-11-3-4-14-33(28)34;1-2-12-27(13-3-1)35-31-16-6-8-18-33(31)36(34-19-9-7-17-32(34)35)28-23-21-26(22-24-28)30-20-10-14-25-11-4-5-15-29(25)30;1-2-11-27(12-3-1)35-31-14-6-8-16-33(31)36(34-17-9-7-15-32(34)35)28-21-18-26(19-22-28)30-23-20-25-10-4-5-13-29(25)24-30/h1-26H;2*1-24H/i;1D,2D,3D,12D,13D;1D,2D,3D,11D,12D. The van der Waals surface area contributed by atoms with Gasteiger partial charge in [-0.1, -0.05) is 437 Å². The van der Waals surface area contributed by atoms with Gasteiger partial charge in [0.15, 0.2) is 0 Å². The number of hydrogen-bond acceptors (Lipinski definition) is 0. The van der Waals surface area contributed by atoms with Crippen LogP contribution in [0.5, 0.6) is 0 Å². The van der Waals surface area contributed by atoms with Gasteiger partial charge in [-0.3, -0.25) is 0 Å². The molecule has 0 unspecified atom stereocenters. The maximum Gasteiger partial charge on any atom is 0.0629 e. The van der Waals surface area contributed by atoms with Gasteiger partial charge in [-0.15, -0.1) is 0 Å². The summed E-state index contributed by atoms with van der Waals surface area (Å²) in [5, 5.41) is 22.3. The topological polar surface area (TPSA) is 0 Å². The minimum Gasteiger partial charge on any atom is -0.0622 e. The Bertz CT molecular complexity index is 7750. The Hall–Kier alpha value is -14.6. The molecule has 0 bridgehead atoms. The molecule has 0 heteroatoms. The van der Waals surface area contributed by atoms with Crippen LogP contribution < -0.4 is 0 Å². The Morgan fingerprint density at radius 2 is 0.339 bits per heavy atom. The summed E-state index contributed by atoms with van der Waals surface area (Å²) in [4.78, 5) is 0. The highest BCUT2D eigenvalue weighted by molar-refractivity contribution is 6.25. The van der Waals surface area contributed by atoms with Crippen LogP contribution in [0.15, 0.2) is 449 Å². The number of fused-ring (bicyclic) bond motifs is 10. The quantitative estimate of drug-likeness (QED) is 0.126. The van der Waals surface area contributed by atoms with Gasteiger partial charge >= 0.3 is 0 Å². The molecule has 0 aliphatic rings. The van der Waals surface area contributed by atoms with Crippen molar-refractivity contribution in [3.8, 4) is 100 Å². The minimum atomic E-state index is -0.389. The Labute approximate surface area is 666 Å². The van der Waals surface area contributed by atoms with E-state index in [1.165, 1.54) is 104 Å². The molecule has 22 aromatic carbocycles. The van der Waals surface area contributed by atoms with Crippen LogP contribution in [0, 0.1) is 0 Å². The average molecular weight is 1430 g/mol. The monoisotopic (exact) mass is 1430 g/mol. The van der Waals surface area contributed by atoms with E-state index in [1.807, 2.05) is 84.9 Å². The van der Waals surface area contributed by atoms with E-state index in [9.17, 15) is 0 Å². The minimum absolute atomic E-state index is 0.196. The molecule has 0 heterocycles. The number of benzene rings is 22. The smallest absolute Gasteiger partial charge is 0.0622 e. The molecule has 0 N–H and O–H groups in total. The molecule has 0 saturated carbocycles. The van der Waals surface area contributed by atoms with E-state index in [2.05, 4.69) is 303 Å². The van der Waals surface area contributed by atoms with Crippen LogP contribution in [-0.2, 0) is 0 Å². The third-order valence-corrected chi connectivity index (χ3v) is 22.1. The van der Waals surface area contributed by atoms with Gasteiger partial charge in [0.1, 0.15) is 0 Å². The molecular formula is C112H74. The van der Waals surface area contributed by atoms with E-state index >= 15 is 0 Å². The van der Waals surface area contributed by atoms with Crippen molar-refractivity contribution in [2.75, 3.05) is 0 Å². The molecule has 0 fully saturated rings. The van der Waals surface area contributed by atoms with Gasteiger partial charge in [-0.2, -0.15) is 0 Å². The van der Waals surface area contributed by atoms with Crippen LogP contribution in [0.1, 0.15) is 13.7 Å². The Kier molecular flexibility index (Phi) is 14.8. The van der Waals surface area contributed by atoms with Crippen molar-refractivity contribution in [1.82, 2.24) is 0 Å². The second-order valence-corrected chi connectivity index (χ2v) is 28.4. The summed E-state index contributed by atoms with van der Waals surface area (Å²) in [5.74, 6) is 0. The Balaban J connectivity index is 0.000000116. The second kappa shape index (κ2) is 29.2. The van der Waals surface area contributed by atoms with E-state index in [0.717, 1.165) is 82.0 Å². The van der Waals surface area contributed by atoms with Gasteiger partial charge in [0, 0.05) is 0 Å². The molecule has 0 aliphatic carbocycles. The van der Waals surface area contributed by atoms with Crippen LogP contribution in [0.3, 0.4) is 0 Å². The molecule has 0 amide bonds. The van der Waals surface area contributed by atoms with Crippen molar-refractivity contribution in [1.29, 1.82) is 0 Å². The summed E-state index contributed by atoms with van der Waals surface area (Å²) in [7, 11) is 0. The highest BCUT2D eigenvalue weighted by atomic mass is 14.2. The zero-order valence-electron chi connectivity index (χ0n) is 71.0. The van der Waals surface area contributed by atoms with Crippen molar-refractivity contribution in [2.45, 2.75) is 0 Å². The van der Waals surface area contributed by atoms with Gasteiger partial charge < -0.3 is 0 Å². The normalized spacial score (nSPS) is 12.6. The summed E-state index contributed by atoms with van der Waals surface area (Å²) in [6.07, 6.45) is 0. The lowest BCUT2D eigenvalue weighted by Gasteiger charge is -2.18. The van der Waals surface area contributed by atoms with Gasteiger partial charge in [0.2, 0.25) is 0 Å². The molecule has 0 spiro atoms. The first-order valence-electron chi connectivity index (χ1n) is 43.0. The number of hydrogen-bond donors (Lipinski definition) is 0. The van der Waals surface area contributed by atoms with Crippen LogP contribution >= 0.6 is 0 Å². The number of rotatable bonds is 9. The summed E-state index contributed by atoms with van der Waals surface area (Å²) in [6.45, 7) is 0. The molecular weight excluding hydrogens is 1350 g/mol. The lowest BCUT2D eigenvalue weighted by atomic mass is 9.85. The first kappa shape index (κ1) is 56.7. The molecule has 0 aliphatic heterocycles. The molecule has 0 saturated heterocycles. The Morgan fingerprint density at radius 1 is 0.125 bits per heavy atom. The average Bonchev–Trinajstić information content (AvgIpc) is 0.735. The molecule has 0 aromatic heterocycles. The maximum absolute atomic E-state index is 8.73. The van der Waals surface area contributed by atoms with Crippen molar-refractivity contribution in [2.24, 2.45) is 0 Å². The second-order valence-electron chi connectivity index (χ2n) is 28.4. The summed E-state index contributed by atoms with van der Waals surface area (Å²) < 4.78 is 84.3. The fraction of sp³-hybridized carbons (Fsp3) is 0. The molecule has 0 atom stereocenters. The van der Waals surface area contributed by atoms with Crippen molar-refractivity contribution in [3.05, 3.63) is 449 Å².